The van der Waals surface area contributed by atoms with E-state index in [0.29, 0.717) is 5.92 Å². The Bertz CT molecular complexity index is 203. The van der Waals surface area contributed by atoms with Crippen LogP contribution in [0.2, 0.25) is 0 Å². The van der Waals surface area contributed by atoms with Crippen LogP contribution < -0.4 is 0 Å². The van der Waals surface area contributed by atoms with E-state index in [1.54, 1.807) is 0 Å². The Balaban J connectivity index is 2.44. The molecule has 2 nitrogen and oxygen atoms in total. The fourth-order valence-corrected chi connectivity index (χ4v) is 2.03. The summed E-state index contributed by atoms with van der Waals surface area (Å²) in [5.41, 5.74) is -0.336. The summed E-state index contributed by atoms with van der Waals surface area (Å²) < 4.78 is 5.39. The van der Waals surface area contributed by atoms with Crippen LogP contribution in [0.15, 0.2) is 0 Å². The van der Waals surface area contributed by atoms with E-state index in [0.717, 1.165) is 12.8 Å². The molecule has 2 heteroatoms. The third kappa shape index (κ3) is 3.69. The summed E-state index contributed by atoms with van der Waals surface area (Å²) in [7, 11) is 0. The molecule has 0 saturated heterocycles. The number of hydrogen-bond acceptors (Lipinski definition) is 2. The number of ether oxygens (including phenoxy) is 1. The minimum Gasteiger partial charge on any atom is -0.460 e. The maximum Gasteiger partial charge on any atom is 0.309 e. The van der Waals surface area contributed by atoms with E-state index in [2.05, 4.69) is 6.92 Å². The lowest BCUT2D eigenvalue weighted by atomic mass is 9.82. The highest BCUT2D eigenvalue weighted by molar-refractivity contribution is 5.72. The second-order valence-corrected chi connectivity index (χ2v) is 5.50. The van der Waals surface area contributed by atoms with E-state index >= 15 is 0 Å². The van der Waals surface area contributed by atoms with Crippen molar-refractivity contribution >= 4 is 5.97 Å². The van der Waals surface area contributed by atoms with Gasteiger partial charge in [-0.25, -0.2) is 0 Å². The average molecular weight is 198 g/mol. The van der Waals surface area contributed by atoms with Crippen molar-refractivity contribution in [2.45, 2.75) is 59.0 Å². The highest BCUT2D eigenvalue weighted by Crippen LogP contribution is 2.30. The Kier molecular flexibility index (Phi) is 3.57. The molecule has 1 aliphatic carbocycles. The van der Waals surface area contributed by atoms with Crippen LogP contribution in [0.5, 0.6) is 0 Å². The van der Waals surface area contributed by atoms with Gasteiger partial charge in [0, 0.05) is 0 Å². The molecule has 1 aliphatic rings. The fourth-order valence-electron chi connectivity index (χ4n) is 2.03. The largest absolute Gasteiger partial charge is 0.460 e. The van der Waals surface area contributed by atoms with Crippen LogP contribution in [-0.4, -0.2) is 11.6 Å². The molecule has 1 saturated carbocycles. The van der Waals surface area contributed by atoms with Gasteiger partial charge in [0.05, 0.1) is 5.92 Å². The van der Waals surface area contributed by atoms with Crippen molar-refractivity contribution in [2.75, 3.05) is 0 Å². The van der Waals surface area contributed by atoms with Gasteiger partial charge in [0.15, 0.2) is 0 Å². The first-order valence-corrected chi connectivity index (χ1v) is 5.61. The molecule has 0 aromatic heterocycles. The second kappa shape index (κ2) is 4.33. The maximum atomic E-state index is 11.7. The zero-order valence-electron chi connectivity index (χ0n) is 9.80. The molecule has 0 aromatic rings. The molecule has 14 heavy (non-hydrogen) atoms. The van der Waals surface area contributed by atoms with Crippen molar-refractivity contribution < 1.29 is 9.53 Å². The smallest absolute Gasteiger partial charge is 0.309 e. The summed E-state index contributed by atoms with van der Waals surface area (Å²) in [6.07, 6.45) is 4.46. The van der Waals surface area contributed by atoms with Crippen molar-refractivity contribution in [3.8, 4) is 0 Å². The van der Waals surface area contributed by atoms with Crippen LogP contribution in [0.4, 0.5) is 0 Å². The molecular weight excluding hydrogens is 176 g/mol. The highest BCUT2D eigenvalue weighted by atomic mass is 16.6. The number of carbonyl (C=O) groups excluding carboxylic acids is 1. The van der Waals surface area contributed by atoms with Crippen molar-refractivity contribution in [1.82, 2.24) is 0 Å². The summed E-state index contributed by atoms with van der Waals surface area (Å²) in [5.74, 6) is 0.836. The SMILES string of the molecule is C[C@H]1CCC[C@@H](C(=O)OC(C)(C)C)C1. The lowest BCUT2D eigenvalue weighted by Gasteiger charge is -2.28. The van der Waals surface area contributed by atoms with E-state index in [4.69, 9.17) is 4.74 Å². The number of carbonyl (C=O) groups is 1. The number of esters is 1. The van der Waals surface area contributed by atoms with Crippen LogP contribution in [0, 0.1) is 11.8 Å². The summed E-state index contributed by atoms with van der Waals surface area (Å²) >= 11 is 0. The van der Waals surface area contributed by atoms with Gasteiger partial charge in [-0.05, 0) is 39.5 Å². The topological polar surface area (TPSA) is 26.3 Å². The Morgan fingerprint density at radius 1 is 1.29 bits per heavy atom. The quantitative estimate of drug-likeness (QED) is 0.605. The van der Waals surface area contributed by atoms with Crippen LogP contribution in [0.1, 0.15) is 53.4 Å². The summed E-state index contributed by atoms with van der Waals surface area (Å²) in [6.45, 7) is 8.00. The summed E-state index contributed by atoms with van der Waals surface area (Å²) in [5, 5.41) is 0. The number of rotatable bonds is 1. The summed E-state index contributed by atoms with van der Waals surface area (Å²) in [4.78, 5) is 11.7. The van der Waals surface area contributed by atoms with Crippen LogP contribution in [0.3, 0.4) is 0 Å². The lowest BCUT2D eigenvalue weighted by molar-refractivity contribution is -0.161. The first-order chi connectivity index (χ1) is 6.38. The zero-order chi connectivity index (χ0) is 10.8. The van der Waals surface area contributed by atoms with E-state index in [9.17, 15) is 4.79 Å². The molecule has 0 heterocycles. The minimum atomic E-state index is -0.336. The molecule has 0 spiro atoms. The van der Waals surface area contributed by atoms with Gasteiger partial charge < -0.3 is 4.74 Å². The minimum absolute atomic E-state index is 0.00375. The monoisotopic (exact) mass is 198 g/mol. The molecular formula is C12H22O2. The molecule has 0 aromatic carbocycles. The van der Waals surface area contributed by atoms with Crippen molar-refractivity contribution in [3.05, 3.63) is 0 Å². The Hall–Kier alpha value is -0.530. The average Bonchev–Trinajstić information content (AvgIpc) is 2.01. The van der Waals surface area contributed by atoms with Crippen molar-refractivity contribution in [2.24, 2.45) is 11.8 Å². The van der Waals surface area contributed by atoms with Gasteiger partial charge in [0.25, 0.3) is 0 Å². The Morgan fingerprint density at radius 3 is 2.43 bits per heavy atom. The van der Waals surface area contributed by atoms with Gasteiger partial charge >= 0.3 is 5.97 Å². The van der Waals surface area contributed by atoms with Gasteiger partial charge in [0.1, 0.15) is 5.60 Å². The zero-order valence-corrected chi connectivity index (χ0v) is 9.80. The molecule has 0 amide bonds. The van der Waals surface area contributed by atoms with Gasteiger partial charge in [-0.1, -0.05) is 19.8 Å². The molecule has 1 rings (SSSR count). The molecule has 0 N–H and O–H groups in total. The third-order valence-corrected chi connectivity index (χ3v) is 2.68. The molecule has 0 bridgehead atoms. The molecule has 0 aliphatic heterocycles. The maximum absolute atomic E-state index is 11.7. The number of hydrogen-bond donors (Lipinski definition) is 0. The molecule has 0 radical (unpaired) electrons. The van der Waals surface area contributed by atoms with Crippen LogP contribution in [0.25, 0.3) is 0 Å². The fraction of sp³-hybridized carbons (Fsp3) is 0.917. The van der Waals surface area contributed by atoms with Gasteiger partial charge in [-0.3, -0.25) is 4.79 Å². The summed E-state index contributed by atoms with van der Waals surface area (Å²) in [6, 6.07) is 0. The van der Waals surface area contributed by atoms with Gasteiger partial charge in [0.2, 0.25) is 0 Å². The highest BCUT2D eigenvalue weighted by Gasteiger charge is 2.28. The predicted octanol–water partition coefficient (Wildman–Crippen LogP) is 3.15. The van der Waals surface area contributed by atoms with Crippen LogP contribution in [-0.2, 0) is 9.53 Å². The van der Waals surface area contributed by atoms with E-state index in [-0.39, 0.29) is 17.5 Å². The molecule has 1 fully saturated rings. The van der Waals surface area contributed by atoms with Crippen molar-refractivity contribution in [1.29, 1.82) is 0 Å². The molecule has 0 unspecified atom stereocenters. The van der Waals surface area contributed by atoms with Crippen LogP contribution >= 0.6 is 0 Å². The molecule has 82 valence electrons. The molecule has 2 atom stereocenters. The van der Waals surface area contributed by atoms with E-state index < -0.39 is 0 Å². The first kappa shape index (κ1) is 11.5. The van der Waals surface area contributed by atoms with Crippen molar-refractivity contribution in [3.63, 3.8) is 0 Å². The predicted molar refractivity (Wildman–Crippen MR) is 57.0 cm³/mol. The van der Waals surface area contributed by atoms with E-state index in [1.807, 2.05) is 20.8 Å². The van der Waals surface area contributed by atoms with E-state index in [1.165, 1.54) is 12.8 Å². The first-order valence-electron chi connectivity index (χ1n) is 5.61. The Labute approximate surface area is 87.0 Å². The van der Waals surface area contributed by atoms with Gasteiger partial charge in [-0.15, -0.1) is 0 Å². The second-order valence-electron chi connectivity index (χ2n) is 5.50. The third-order valence-electron chi connectivity index (χ3n) is 2.68. The van der Waals surface area contributed by atoms with Gasteiger partial charge in [-0.2, -0.15) is 0 Å². The Morgan fingerprint density at radius 2 is 1.93 bits per heavy atom. The standard InChI is InChI=1S/C12H22O2/c1-9-6-5-7-10(8-9)11(13)14-12(2,3)4/h9-10H,5-8H2,1-4H3/t9-,10+/m0/s1. The lowest BCUT2D eigenvalue weighted by Crippen LogP contribution is -2.31. The normalized spacial score (nSPS) is 28.6.